The lowest BCUT2D eigenvalue weighted by molar-refractivity contribution is 0.213. The van der Waals surface area contributed by atoms with Crippen molar-refractivity contribution in [2.75, 3.05) is 0 Å². The number of furan rings is 1. The monoisotopic (exact) mass is 277 g/mol. The van der Waals surface area contributed by atoms with Crippen molar-refractivity contribution in [2.24, 2.45) is 11.3 Å². The van der Waals surface area contributed by atoms with Gasteiger partial charge in [-0.25, -0.2) is 0 Å². The molecule has 2 rings (SSSR count). The molecule has 2 heteroatoms. The number of rotatable bonds is 3. The molecule has 1 aromatic heterocycles. The van der Waals surface area contributed by atoms with Gasteiger partial charge >= 0.3 is 0 Å². The molecule has 1 aromatic rings. The van der Waals surface area contributed by atoms with E-state index >= 15 is 0 Å². The van der Waals surface area contributed by atoms with Crippen LogP contribution in [-0.2, 0) is 0 Å². The van der Waals surface area contributed by atoms with Gasteiger partial charge in [-0.3, -0.25) is 0 Å². The van der Waals surface area contributed by atoms with Crippen LogP contribution >= 0.6 is 0 Å². The van der Waals surface area contributed by atoms with Crippen molar-refractivity contribution in [3.8, 4) is 0 Å². The first-order chi connectivity index (χ1) is 9.36. The predicted octanol–water partition coefficient (Wildman–Crippen LogP) is 5.23. The highest BCUT2D eigenvalue weighted by molar-refractivity contribution is 5.09. The molecule has 1 fully saturated rings. The van der Waals surface area contributed by atoms with Crippen LogP contribution in [0, 0.1) is 18.3 Å². The minimum absolute atomic E-state index is 0.319. The molecule has 0 aromatic carbocycles. The quantitative estimate of drug-likeness (QED) is 0.765. The summed E-state index contributed by atoms with van der Waals surface area (Å²) in [6, 6.07) is 5.11. The molecule has 114 valence electrons. The fourth-order valence-electron chi connectivity index (χ4n) is 3.46. The number of aryl methyl sites for hydroxylation is 1. The summed E-state index contributed by atoms with van der Waals surface area (Å²) < 4.78 is 5.73. The van der Waals surface area contributed by atoms with E-state index in [0.717, 1.165) is 17.4 Å². The highest BCUT2D eigenvalue weighted by Crippen LogP contribution is 2.37. The first kappa shape index (κ1) is 15.6. The van der Waals surface area contributed by atoms with Crippen molar-refractivity contribution in [3.63, 3.8) is 0 Å². The smallest absolute Gasteiger partial charge is 0.120 e. The highest BCUT2D eigenvalue weighted by atomic mass is 16.3. The van der Waals surface area contributed by atoms with E-state index in [2.05, 4.69) is 45.1 Å². The van der Waals surface area contributed by atoms with Gasteiger partial charge in [-0.05, 0) is 63.0 Å². The van der Waals surface area contributed by atoms with Gasteiger partial charge in [0.2, 0.25) is 0 Å². The van der Waals surface area contributed by atoms with Crippen LogP contribution in [0.2, 0.25) is 0 Å². The van der Waals surface area contributed by atoms with Gasteiger partial charge in [0.1, 0.15) is 11.5 Å². The Kier molecular flexibility index (Phi) is 4.95. The van der Waals surface area contributed by atoms with E-state index in [1.807, 2.05) is 6.92 Å². The summed E-state index contributed by atoms with van der Waals surface area (Å²) in [4.78, 5) is 0. The van der Waals surface area contributed by atoms with Gasteiger partial charge in [0.05, 0.1) is 6.04 Å². The summed E-state index contributed by atoms with van der Waals surface area (Å²) in [5.41, 5.74) is 0.457. The topological polar surface area (TPSA) is 25.2 Å². The molecule has 1 saturated carbocycles. The fraction of sp³-hybridized carbons (Fsp3) is 0.778. The average molecular weight is 277 g/mol. The molecule has 1 aliphatic rings. The number of hydrogen-bond acceptors (Lipinski definition) is 2. The van der Waals surface area contributed by atoms with E-state index in [9.17, 15) is 0 Å². The van der Waals surface area contributed by atoms with Crippen LogP contribution < -0.4 is 5.32 Å². The predicted molar refractivity (Wildman–Crippen MR) is 84.8 cm³/mol. The molecule has 0 saturated heterocycles. The Hall–Kier alpha value is -0.760. The van der Waals surface area contributed by atoms with E-state index in [-0.39, 0.29) is 0 Å². The van der Waals surface area contributed by atoms with E-state index < -0.39 is 0 Å². The Labute approximate surface area is 124 Å². The van der Waals surface area contributed by atoms with Crippen molar-refractivity contribution in [3.05, 3.63) is 23.7 Å². The molecule has 3 atom stereocenters. The third-order valence-corrected chi connectivity index (χ3v) is 4.87. The molecular formula is C18H31NO. The molecule has 1 heterocycles. The van der Waals surface area contributed by atoms with Crippen molar-refractivity contribution in [2.45, 2.75) is 78.8 Å². The van der Waals surface area contributed by atoms with Gasteiger partial charge in [0, 0.05) is 6.04 Å². The van der Waals surface area contributed by atoms with Crippen LogP contribution in [0.3, 0.4) is 0 Å². The fourth-order valence-corrected chi connectivity index (χ4v) is 3.46. The molecule has 1 N–H and O–H groups in total. The minimum Gasteiger partial charge on any atom is -0.465 e. The summed E-state index contributed by atoms with van der Waals surface area (Å²) in [5.74, 6) is 2.94. The second-order valence-electron chi connectivity index (χ2n) is 7.60. The maximum absolute atomic E-state index is 5.73. The van der Waals surface area contributed by atoms with Crippen LogP contribution in [0.1, 0.15) is 77.4 Å². The van der Waals surface area contributed by atoms with Gasteiger partial charge in [-0.2, -0.15) is 0 Å². The lowest BCUT2D eigenvalue weighted by Gasteiger charge is -2.30. The number of nitrogens with one attached hydrogen (secondary N) is 1. The first-order valence-electron chi connectivity index (χ1n) is 8.18. The SMILES string of the molecule is Cc1ccc(C(C)NC2CCCC(C(C)(C)C)CC2)o1. The van der Waals surface area contributed by atoms with E-state index in [1.165, 1.54) is 32.1 Å². The second-order valence-corrected chi connectivity index (χ2v) is 7.60. The number of hydrogen-bond donors (Lipinski definition) is 1. The maximum atomic E-state index is 5.73. The summed E-state index contributed by atoms with van der Waals surface area (Å²) in [6.45, 7) is 11.4. The molecule has 2 nitrogen and oxygen atoms in total. The van der Waals surface area contributed by atoms with Gasteiger partial charge in [0.15, 0.2) is 0 Å². The molecule has 0 aliphatic heterocycles. The Bertz CT molecular complexity index is 415. The molecule has 3 unspecified atom stereocenters. The molecule has 0 spiro atoms. The third kappa shape index (κ3) is 4.12. The average Bonchev–Trinajstić information content (AvgIpc) is 2.64. The molecular weight excluding hydrogens is 246 g/mol. The zero-order valence-electron chi connectivity index (χ0n) is 13.8. The first-order valence-corrected chi connectivity index (χ1v) is 8.18. The summed E-state index contributed by atoms with van der Waals surface area (Å²) >= 11 is 0. The minimum atomic E-state index is 0.319. The van der Waals surface area contributed by atoms with E-state index in [4.69, 9.17) is 4.42 Å². The highest BCUT2D eigenvalue weighted by Gasteiger charge is 2.28. The van der Waals surface area contributed by atoms with Crippen LogP contribution in [0.25, 0.3) is 0 Å². The van der Waals surface area contributed by atoms with Crippen molar-refractivity contribution < 1.29 is 4.42 Å². The zero-order chi connectivity index (χ0) is 14.8. The Morgan fingerprint density at radius 2 is 1.90 bits per heavy atom. The van der Waals surface area contributed by atoms with Gasteiger partial charge in [0.25, 0.3) is 0 Å². The molecule has 20 heavy (non-hydrogen) atoms. The van der Waals surface area contributed by atoms with Crippen LogP contribution in [0.4, 0.5) is 0 Å². The summed E-state index contributed by atoms with van der Waals surface area (Å²) in [6.07, 6.45) is 6.69. The summed E-state index contributed by atoms with van der Waals surface area (Å²) in [5, 5.41) is 3.77. The van der Waals surface area contributed by atoms with Crippen molar-refractivity contribution >= 4 is 0 Å². The summed E-state index contributed by atoms with van der Waals surface area (Å²) in [7, 11) is 0. The Balaban J connectivity index is 1.88. The molecule has 0 amide bonds. The van der Waals surface area contributed by atoms with Crippen LogP contribution in [0.15, 0.2) is 16.5 Å². The van der Waals surface area contributed by atoms with Gasteiger partial charge in [-0.15, -0.1) is 0 Å². The normalized spacial score (nSPS) is 26.2. The largest absolute Gasteiger partial charge is 0.465 e. The lowest BCUT2D eigenvalue weighted by atomic mass is 9.76. The van der Waals surface area contributed by atoms with E-state index in [1.54, 1.807) is 0 Å². The molecule has 1 aliphatic carbocycles. The Morgan fingerprint density at radius 1 is 1.15 bits per heavy atom. The second kappa shape index (κ2) is 6.34. The van der Waals surface area contributed by atoms with Crippen molar-refractivity contribution in [1.29, 1.82) is 0 Å². The van der Waals surface area contributed by atoms with Gasteiger partial charge in [-0.1, -0.05) is 27.2 Å². The van der Waals surface area contributed by atoms with Crippen LogP contribution in [0.5, 0.6) is 0 Å². The molecule has 0 radical (unpaired) electrons. The van der Waals surface area contributed by atoms with Crippen molar-refractivity contribution in [1.82, 2.24) is 5.32 Å². The third-order valence-electron chi connectivity index (χ3n) is 4.87. The standard InChI is InChI=1S/C18H31NO/c1-13-9-12-17(20-13)14(2)19-16-8-6-7-15(10-11-16)18(3,4)5/h9,12,14-16,19H,6-8,10-11H2,1-5H3. The molecule has 0 bridgehead atoms. The lowest BCUT2D eigenvalue weighted by Crippen LogP contribution is -2.31. The zero-order valence-corrected chi connectivity index (χ0v) is 13.8. The Morgan fingerprint density at radius 3 is 2.50 bits per heavy atom. The van der Waals surface area contributed by atoms with Crippen LogP contribution in [-0.4, -0.2) is 6.04 Å². The van der Waals surface area contributed by atoms with E-state index in [0.29, 0.717) is 17.5 Å². The maximum Gasteiger partial charge on any atom is 0.120 e. The van der Waals surface area contributed by atoms with Gasteiger partial charge < -0.3 is 9.73 Å².